The van der Waals surface area contributed by atoms with Crippen molar-refractivity contribution in [3.05, 3.63) is 53.6 Å². The van der Waals surface area contributed by atoms with E-state index in [0.29, 0.717) is 13.0 Å². The van der Waals surface area contributed by atoms with Crippen LogP contribution in [0.1, 0.15) is 16.8 Å². The van der Waals surface area contributed by atoms with Crippen molar-refractivity contribution in [2.24, 2.45) is 0 Å². The molecule has 0 saturated carbocycles. The summed E-state index contributed by atoms with van der Waals surface area (Å²) in [6.07, 6.45) is 0.543. The molecule has 10 heteroatoms. The molecule has 1 fully saturated rings. The zero-order valence-corrected chi connectivity index (χ0v) is 15.7. The molecule has 2 aromatic carbocycles. The number of carbonyl (C=O) groups is 1. The summed E-state index contributed by atoms with van der Waals surface area (Å²) in [5, 5.41) is 2.22. The Labute approximate surface area is 160 Å². The summed E-state index contributed by atoms with van der Waals surface area (Å²) in [6.45, 7) is 0.726. The van der Waals surface area contributed by atoms with Crippen molar-refractivity contribution in [2.45, 2.75) is 17.4 Å². The summed E-state index contributed by atoms with van der Waals surface area (Å²) in [5.74, 6) is -2.33. The van der Waals surface area contributed by atoms with Crippen LogP contribution in [0.5, 0.6) is 5.75 Å². The van der Waals surface area contributed by atoms with Gasteiger partial charge in [0.1, 0.15) is 17.4 Å². The second kappa shape index (κ2) is 8.21. The van der Waals surface area contributed by atoms with E-state index in [0.717, 1.165) is 24.3 Å². The molecule has 28 heavy (non-hydrogen) atoms. The normalized spacial score (nSPS) is 16.8. The van der Waals surface area contributed by atoms with Crippen LogP contribution in [0, 0.1) is 11.6 Å². The van der Waals surface area contributed by atoms with Crippen LogP contribution in [-0.4, -0.2) is 40.7 Å². The van der Waals surface area contributed by atoms with Gasteiger partial charge in [-0.05, 0) is 36.8 Å². The summed E-state index contributed by atoms with van der Waals surface area (Å²) >= 11 is 0. The Bertz CT molecular complexity index is 991. The number of amides is 1. The van der Waals surface area contributed by atoms with Crippen LogP contribution in [0.15, 0.2) is 41.3 Å². The van der Waals surface area contributed by atoms with Crippen LogP contribution in [-0.2, 0) is 14.8 Å². The predicted octanol–water partition coefficient (Wildman–Crippen LogP) is 2.29. The van der Waals surface area contributed by atoms with Gasteiger partial charge in [0.15, 0.2) is 0 Å². The van der Waals surface area contributed by atoms with E-state index in [-0.39, 0.29) is 34.5 Å². The molecule has 1 atom stereocenters. The highest BCUT2D eigenvalue weighted by Crippen LogP contribution is 2.25. The molecule has 1 amide bonds. The fourth-order valence-corrected chi connectivity index (χ4v) is 4.01. The van der Waals surface area contributed by atoms with Gasteiger partial charge in [0.25, 0.3) is 5.91 Å². The molecule has 2 aromatic rings. The number of ether oxygens (including phenoxy) is 2. The molecule has 0 bridgehead atoms. The van der Waals surface area contributed by atoms with E-state index >= 15 is 0 Å². The third-order valence-corrected chi connectivity index (χ3v) is 5.67. The number of nitrogens with one attached hydrogen (secondary N) is 2. The largest absolute Gasteiger partial charge is 0.496 e. The van der Waals surface area contributed by atoms with Crippen molar-refractivity contribution in [3.8, 4) is 5.75 Å². The van der Waals surface area contributed by atoms with Crippen molar-refractivity contribution < 1.29 is 31.5 Å². The van der Waals surface area contributed by atoms with Crippen LogP contribution in [0.3, 0.4) is 0 Å². The Kier molecular flexibility index (Phi) is 5.92. The highest BCUT2D eigenvalue weighted by atomic mass is 32.2. The van der Waals surface area contributed by atoms with Crippen LogP contribution in [0.2, 0.25) is 0 Å². The van der Waals surface area contributed by atoms with Gasteiger partial charge in [0.05, 0.1) is 29.9 Å². The molecule has 1 aliphatic rings. The van der Waals surface area contributed by atoms with Gasteiger partial charge in [-0.2, -0.15) is 0 Å². The monoisotopic (exact) mass is 412 g/mol. The molecule has 2 N–H and O–H groups in total. The van der Waals surface area contributed by atoms with Crippen LogP contribution in [0.25, 0.3) is 0 Å². The maximum Gasteiger partial charge on any atom is 0.259 e. The molecule has 150 valence electrons. The third-order valence-electron chi connectivity index (χ3n) is 4.15. The summed E-state index contributed by atoms with van der Waals surface area (Å²) in [4.78, 5) is 12.4. The first-order valence-corrected chi connectivity index (χ1v) is 9.83. The molecule has 0 unspecified atom stereocenters. The van der Waals surface area contributed by atoms with Gasteiger partial charge >= 0.3 is 0 Å². The summed E-state index contributed by atoms with van der Waals surface area (Å²) < 4.78 is 65.0. The number of rotatable bonds is 6. The highest BCUT2D eigenvalue weighted by molar-refractivity contribution is 7.89. The lowest BCUT2D eigenvalue weighted by molar-refractivity contribution is 0.102. The highest BCUT2D eigenvalue weighted by Gasteiger charge is 2.25. The predicted molar refractivity (Wildman–Crippen MR) is 96.9 cm³/mol. The molecule has 0 spiro atoms. The molecule has 1 heterocycles. The molecule has 0 aliphatic carbocycles. The van der Waals surface area contributed by atoms with E-state index in [9.17, 15) is 22.0 Å². The Balaban J connectivity index is 1.90. The first-order valence-electron chi connectivity index (χ1n) is 8.34. The van der Waals surface area contributed by atoms with Crippen LogP contribution in [0.4, 0.5) is 14.5 Å². The first kappa shape index (κ1) is 20.2. The van der Waals surface area contributed by atoms with Gasteiger partial charge in [0, 0.05) is 18.7 Å². The number of benzene rings is 2. The van der Waals surface area contributed by atoms with Crippen molar-refractivity contribution >= 4 is 21.6 Å². The van der Waals surface area contributed by atoms with E-state index in [1.807, 2.05) is 0 Å². The third kappa shape index (κ3) is 4.46. The number of carbonyl (C=O) groups excluding carboxylic acids is 1. The number of hydrogen-bond donors (Lipinski definition) is 2. The van der Waals surface area contributed by atoms with E-state index in [2.05, 4.69) is 10.0 Å². The number of halogens is 2. The molecular formula is C18H18F2N2O5S. The smallest absolute Gasteiger partial charge is 0.259 e. The average Bonchev–Trinajstić information content (AvgIpc) is 3.16. The van der Waals surface area contributed by atoms with Gasteiger partial charge in [-0.1, -0.05) is 0 Å². The second-order valence-corrected chi connectivity index (χ2v) is 7.84. The van der Waals surface area contributed by atoms with Gasteiger partial charge < -0.3 is 14.8 Å². The number of sulfonamides is 1. The average molecular weight is 412 g/mol. The molecule has 1 aliphatic heterocycles. The topological polar surface area (TPSA) is 93.7 Å². The number of anilines is 1. The first-order chi connectivity index (χ1) is 13.3. The van der Waals surface area contributed by atoms with Gasteiger partial charge in [-0.3, -0.25) is 4.79 Å². The van der Waals surface area contributed by atoms with Crippen molar-refractivity contribution in [1.29, 1.82) is 0 Å². The molecule has 1 saturated heterocycles. The van der Waals surface area contributed by atoms with Gasteiger partial charge in [-0.15, -0.1) is 0 Å². The van der Waals surface area contributed by atoms with E-state index in [1.54, 1.807) is 0 Å². The second-order valence-electron chi connectivity index (χ2n) is 6.12. The molecule has 3 rings (SSSR count). The zero-order valence-electron chi connectivity index (χ0n) is 14.9. The maximum atomic E-state index is 13.8. The lowest BCUT2D eigenvalue weighted by atomic mass is 10.1. The Morgan fingerprint density at radius 3 is 2.68 bits per heavy atom. The quantitative estimate of drug-likeness (QED) is 0.759. The lowest BCUT2D eigenvalue weighted by Crippen LogP contribution is -2.35. The van der Waals surface area contributed by atoms with Crippen LogP contribution < -0.4 is 14.8 Å². The zero-order chi connectivity index (χ0) is 20.3. The lowest BCUT2D eigenvalue weighted by Gasteiger charge is -2.14. The number of methoxy groups -OCH3 is 1. The van der Waals surface area contributed by atoms with Crippen LogP contribution >= 0.6 is 0 Å². The Morgan fingerprint density at radius 2 is 2.00 bits per heavy atom. The van der Waals surface area contributed by atoms with E-state index < -0.39 is 27.6 Å². The van der Waals surface area contributed by atoms with Gasteiger partial charge in [0.2, 0.25) is 10.0 Å². The summed E-state index contributed by atoms with van der Waals surface area (Å²) in [6, 6.07) is 5.97. The molecule has 0 radical (unpaired) electrons. The summed E-state index contributed by atoms with van der Waals surface area (Å²) in [7, 11) is -2.61. The Hall–Kier alpha value is -2.56. The number of hydrogen-bond acceptors (Lipinski definition) is 5. The molecular weight excluding hydrogens is 394 g/mol. The maximum absolute atomic E-state index is 13.8. The fraction of sp³-hybridized carbons (Fsp3) is 0.278. The minimum absolute atomic E-state index is 0.0810. The van der Waals surface area contributed by atoms with Crippen molar-refractivity contribution in [1.82, 2.24) is 4.72 Å². The standard InChI is InChI=1S/C18H18F2N2O5S/c1-26-17-5-3-13(28(24,25)22-12-6-7-27-10-12)9-14(17)18(23)21-16-8-11(19)2-4-15(16)20/h2-5,8-9,12,22H,6-7,10H2,1H3,(H,21,23)/t12-/m0/s1. The van der Waals surface area contributed by atoms with Crippen molar-refractivity contribution in [2.75, 3.05) is 25.6 Å². The SMILES string of the molecule is COc1ccc(S(=O)(=O)N[C@H]2CCOC2)cc1C(=O)Nc1cc(F)ccc1F. The van der Waals surface area contributed by atoms with E-state index in [1.165, 1.54) is 19.2 Å². The molecule has 7 nitrogen and oxygen atoms in total. The minimum atomic E-state index is -3.91. The molecule has 0 aromatic heterocycles. The fourth-order valence-electron chi connectivity index (χ4n) is 2.73. The van der Waals surface area contributed by atoms with Crippen molar-refractivity contribution in [3.63, 3.8) is 0 Å². The minimum Gasteiger partial charge on any atom is -0.496 e. The Morgan fingerprint density at radius 1 is 1.21 bits per heavy atom. The van der Waals surface area contributed by atoms with E-state index in [4.69, 9.17) is 9.47 Å². The summed E-state index contributed by atoms with van der Waals surface area (Å²) in [5.41, 5.74) is -0.516. The van der Waals surface area contributed by atoms with Gasteiger partial charge in [-0.25, -0.2) is 21.9 Å².